The van der Waals surface area contributed by atoms with Crippen molar-refractivity contribution in [2.45, 2.75) is 13.3 Å². The van der Waals surface area contributed by atoms with Crippen molar-refractivity contribution >= 4 is 33.6 Å². The third-order valence-corrected chi connectivity index (χ3v) is 3.56. The van der Waals surface area contributed by atoms with Crippen LogP contribution in [-0.2, 0) is 0 Å². The van der Waals surface area contributed by atoms with E-state index in [1.165, 1.54) is 12.1 Å². The van der Waals surface area contributed by atoms with Gasteiger partial charge in [0, 0.05) is 23.2 Å². The van der Waals surface area contributed by atoms with Crippen molar-refractivity contribution in [1.82, 2.24) is 4.90 Å². The Kier molecular flexibility index (Phi) is 4.09. The van der Waals surface area contributed by atoms with Crippen molar-refractivity contribution in [3.63, 3.8) is 0 Å². The number of aromatic carboxylic acids is 1. The normalized spacial score (nSPS) is 18.4. The zero-order chi connectivity index (χ0) is 14.0. The molecule has 0 aromatic heterocycles. The minimum Gasteiger partial charge on any atom is -0.478 e. The van der Waals surface area contributed by atoms with E-state index in [1.54, 1.807) is 11.0 Å². The molecular weight excluding hydrogens is 312 g/mol. The number of benzene rings is 1. The van der Waals surface area contributed by atoms with Gasteiger partial charge in [-0.1, -0.05) is 22.9 Å². The Morgan fingerprint density at radius 3 is 2.74 bits per heavy atom. The predicted molar refractivity (Wildman–Crippen MR) is 75.5 cm³/mol. The van der Waals surface area contributed by atoms with Gasteiger partial charge in [0.05, 0.1) is 5.56 Å². The standard InChI is InChI=1S/C13H15BrN2O3/c1-8-2-3-16(7-8)13(19)15-11-5-9(12(17)18)4-10(14)6-11/h4-6,8H,2-3,7H2,1H3,(H,15,19)(H,17,18). The molecule has 1 aromatic carbocycles. The van der Waals surface area contributed by atoms with E-state index in [9.17, 15) is 9.59 Å². The number of halogens is 1. The van der Waals surface area contributed by atoms with E-state index < -0.39 is 5.97 Å². The number of nitrogens with zero attached hydrogens (tertiary/aromatic N) is 1. The number of likely N-dealkylation sites (tertiary alicyclic amines) is 1. The number of rotatable bonds is 2. The SMILES string of the molecule is CC1CCN(C(=O)Nc2cc(Br)cc(C(=O)O)c2)C1. The highest BCUT2D eigenvalue weighted by Crippen LogP contribution is 2.21. The highest BCUT2D eigenvalue weighted by molar-refractivity contribution is 9.10. The van der Waals surface area contributed by atoms with Crippen LogP contribution < -0.4 is 5.32 Å². The van der Waals surface area contributed by atoms with Gasteiger partial charge in [-0.15, -0.1) is 0 Å². The van der Waals surface area contributed by atoms with E-state index in [0.717, 1.165) is 19.5 Å². The first-order valence-corrected chi connectivity index (χ1v) is 6.85. The maximum atomic E-state index is 12.0. The van der Waals surface area contributed by atoms with Crippen LogP contribution in [0.1, 0.15) is 23.7 Å². The Labute approximate surface area is 119 Å². The number of amides is 2. The number of hydrogen-bond acceptors (Lipinski definition) is 2. The summed E-state index contributed by atoms with van der Waals surface area (Å²) in [6.07, 6.45) is 1.01. The zero-order valence-corrected chi connectivity index (χ0v) is 12.1. The maximum Gasteiger partial charge on any atom is 0.335 e. The third-order valence-electron chi connectivity index (χ3n) is 3.11. The summed E-state index contributed by atoms with van der Waals surface area (Å²) in [6, 6.07) is 4.45. The molecule has 1 aliphatic rings. The summed E-state index contributed by atoms with van der Waals surface area (Å²) in [5, 5.41) is 11.7. The average molecular weight is 327 g/mol. The van der Waals surface area contributed by atoms with Crippen LogP contribution in [-0.4, -0.2) is 35.1 Å². The molecule has 0 radical (unpaired) electrons. The van der Waals surface area contributed by atoms with Crippen LogP contribution in [0.4, 0.5) is 10.5 Å². The molecule has 102 valence electrons. The first-order chi connectivity index (χ1) is 8.95. The molecule has 5 nitrogen and oxygen atoms in total. The lowest BCUT2D eigenvalue weighted by Crippen LogP contribution is -2.32. The zero-order valence-electron chi connectivity index (χ0n) is 10.5. The number of nitrogens with one attached hydrogen (secondary N) is 1. The molecule has 1 aliphatic heterocycles. The molecule has 19 heavy (non-hydrogen) atoms. The van der Waals surface area contributed by atoms with Crippen LogP contribution in [0.3, 0.4) is 0 Å². The topological polar surface area (TPSA) is 69.6 Å². The Hall–Kier alpha value is -1.56. The summed E-state index contributed by atoms with van der Waals surface area (Å²) in [7, 11) is 0. The van der Waals surface area contributed by atoms with E-state index in [2.05, 4.69) is 28.2 Å². The second-order valence-electron chi connectivity index (χ2n) is 4.80. The van der Waals surface area contributed by atoms with E-state index in [4.69, 9.17) is 5.11 Å². The van der Waals surface area contributed by atoms with Gasteiger partial charge in [-0.3, -0.25) is 0 Å². The maximum absolute atomic E-state index is 12.0. The highest BCUT2D eigenvalue weighted by atomic mass is 79.9. The minimum atomic E-state index is -1.02. The number of carbonyl (C=O) groups is 2. The molecule has 1 fully saturated rings. The molecule has 0 spiro atoms. The van der Waals surface area contributed by atoms with Crippen LogP contribution in [0.5, 0.6) is 0 Å². The Bertz CT molecular complexity index is 519. The molecule has 1 aromatic rings. The van der Waals surface area contributed by atoms with Crippen molar-refractivity contribution in [1.29, 1.82) is 0 Å². The Morgan fingerprint density at radius 1 is 1.42 bits per heavy atom. The fourth-order valence-electron chi connectivity index (χ4n) is 2.11. The van der Waals surface area contributed by atoms with E-state index >= 15 is 0 Å². The van der Waals surface area contributed by atoms with E-state index in [0.29, 0.717) is 16.1 Å². The molecule has 1 unspecified atom stereocenters. The molecule has 6 heteroatoms. The fourth-order valence-corrected chi connectivity index (χ4v) is 2.60. The van der Waals surface area contributed by atoms with Crippen molar-refractivity contribution in [2.75, 3.05) is 18.4 Å². The average Bonchev–Trinajstić information content (AvgIpc) is 2.75. The Balaban J connectivity index is 2.10. The number of carboxylic acid groups (broad SMARTS) is 1. The highest BCUT2D eigenvalue weighted by Gasteiger charge is 2.23. The van der Waals surface area contributed by atoms with Crippen LogP contribution in [0.15, 0.2) is 22.7 Å². The molecule has 2 rings (SSSR count). The Morgan fingerprint density at radius 2 is 2.16 bits per heavy atom. The molecule has 0 bridgehead atoms. The summed E-state index contributed by atoms with van der Waals surface area (Å²) >= 11 is 3.24. The van der Waals surface area contributed by atoms with Gasteiger partial charge < -0.3 is 15.3 Å². The lowest BCUT2D eigenvalue weighted by molar-refractivity contribution is 0.0697. The van der Waals surface area contributed by atoms with Gasteiger partial charge in [0.25, 0.3) is 0 Å². The second kappa shape index (κ2) is 5.61. The van der Waals surface area contributed by atoms with Gasteiger partial charge in [-0.25, -0.2) is 9.59 Å². The first-order valence-electron chi connectivity index (χ1n) is 6.05. The first kappa shape index (κ1) is 13.9. The summed E-state index contributed by atoms with van der Waals surface area (Å²) in [5.74, 6) is -0.505. The lowest BCUT2D eigenvalue weighted by Gasteiger charge is -2.17. The molecule has 1 atom stereocenters. The third kappa shape index (κ3) is 3.47. The summed E-state index contributed by atoms with van der Waals surface area (Å²) in [4.78, 5) is 24.7. The summed E-state index contributed by atoms with van der Waals surface area (Å²) < 4.78 is 0.623. The lowest BCUT2D eigenvalue weighted by atomic mass is 10.2. The van der Waals surface area contributed by atoms with E-state index in [-0.39, 0.29) is 11.6 Å². The monoisotopic (exact) mass is 326 g/mol. The van der Waals surface area contributed by atoms with Gasteiger partial charge in [0.1, 0.15) is 0 Å². The molecule has 0 aliphatic carbocycles. The van der Waals surface area contributed by atoms with Crippen molar-refractivity contribution in [3.05, 3.63) is 28.2 Å². The number of hydrogen-bond donors (Lipinski definition) is 2. The van der Waals surface area contributed by atoms with Crippen LogP contribution in [0.2, 0.25) is 0 Å². The fraction of sp³-hybridized carbons (Fsp3) is 0.385. The van der Waals surface area contributed by atoms with Crippen molar-refractivity contribution in [3.8, 4) is 0 Å². The molecular formula is C13H15BrN2O3. The van der Waals surface area contributed by atoms with Gasteiger partial charge in [-0.2, -0.15) is 0 Å². The van der Waals surface area contributed by atoms with Crippen LogP contribution in [0.25, 0.3) is 0 Å². The number of anilines is 1. The number of urea groups is 1. The minimum absolute atomic E-state index is 0.138. The molecule has 2 amide bonds. The van der Waals surface area contributed by atoms with Crippen molar-refractivity contribution in [2.24, 2.45) is 5.92 Å². The summed E-state index contributed by atoms with van der Waals surface area (Å²) in [5.41, 5.74) is 0.621. The van der Waals surface area contributed by atoms with E-state index in [1.807, 2.05) is 0 Å². The van der Waals surface area contributed by atoms with Gasteiger partial charge in [-0.05, 0) is 30.5 Å². The van der Waals surface area contributed by atoms with Crippen LogP contribution in [0, 0.1) is 5.92 Å². The van der Waals surface area contributed by atoms with Crippen molar-refractivity contribution < 1.29 is 14.7 Å². The quantitative estimate of drug-likeness (QED) is 0.877. The largest absolute Gasteiger partial charge is 0.478 e. The second-order valence-corrected chi connectivity index (χ2v) is 5.72. The molecule has 2 N–H and O–H groups in total. The molecule has 0 saturated carbocycles. The predicted octanol–water partition coefficient (Wildman–Crippen LogP) is 3.02. The van der Waals surface area contributed by atoms with Crippen LogP contribution >= 0.6 is 15.9 Å². The van der Waals surface area contributed by atoms with Gasteiger partial charge >= 0.3 is 12.0 Å². The smallest absolute Gasteiger partial charge is 0.335 e. The summed E-state index contributed by atoms with van der Waals surface area (Å²) in [6.45, 7) is 3.59. The number of carboxylic acids is 1. The molecule has 1 saturated heterocycles. The number of carbonyl (C=O) groups excluding carboxylic acids is 1. The van der Waals surface area contributed by atoms with Gasteiger partial charge in [0.2, 0.25) is 0 Å². The molecule has 1 heterocycles. The van der Waals surface area contributed by atoms with Gasteiger partial charge in [0.15, 0.2) is 0 Å².